The van der Waals surface area contributed by atoms with Gasteiger partial charge in [0.25, 0.3) is 10.0 Å². The quantitative estimate of drug-likeness (QED) is 0.940. The van der Waals surface area contributed by atoms with Crippen LogP contribution < -0.4 is 4.72 Å². The maximum absolute atomic E-state index is 13.1. The first-order valence-electron chi connectivity index (χ1n) is 5.82. The van der Waals surface area contributed by atoms with Crippen molar-refractivity contribution in [3.05, 3.63) is 58.4 Å². The van der Waals surface area contributed by atoms with E-state index >= 15 is 0 Å². The third-order valence-electron chi connectivity index (χ3n) is 2.80. The van der Waals surface area contributed by atoms with Crippen LogP contribution in [-0.4, -0.2) is 8.42 Å². The predicted molar refractivity (Wildman–Crippen MR) is 78.1 cm³/mol. The van der Waals surface area contributed by atoms with Crippen LogP contribution >= 0.6 is 11.6 Å². The van der Waals surface area contributed by atoms with Gasteiger partial charge in [0.2, 0.25) is 0 Å². The van der Waals surface area contributed by atoms with E-state index in [0.717, 1.165) is 6.07 Å². The van der Waals surface area contributed by atoms with Gasteiger partial charge in [0.1, 0.15) is 5.82 Å². The zero-order valence-electron chi connectivity index (χ0n) is 10.9. The van der Waals surface area contributed by atoms with Crippen molar-refractivity contribution in [2.45, 2.75) is 11.8 Å². The van der Waals surface area contributed by atoms with Crippen molar-refractivity contribution in [2.75, 3.05) is 4.72 Å². The number of nitriles is 1. The monoisotopic (exact) mass is 324 g/mol. The summed E-state index contributed by atoms with van der Waals surface area (Å²) in [5.74, 6) is -0.631. The third-order valence-corrected chi connectivity index (χ3v) is 4.47. The van der Waals surface area contributed by atoms with Crippen LogP contribution in [0.15, 0.2) is 41.3 Å². The first-order valence-corrected chi connectivity index (χ1v) is 7.68. The molecule has 0 fully saturated rings. The van der Waals surface area contributed by atoms with Gasteiger partial charge >= 0.3 is 0 Å². The molecule has 108 valence electrons. The fourth-order valence-corrected chi connectivity index (χ4v) is 3.02. The number of nitrogens with one attached hydrogen (secondary N) is 1. The minimum absolute atomic E-state index is 0.0134. The van der Waals surface area contributed by atoms with Gasteiger partial charge in [0, 0.05) is 0 Å². The van der Waals surface area contributed by atoms with Crippen LogP contribution in [0.4, 0.5) is 10.1 Å². The molecule has 0 aromatic heterocycles. The van der Waals surface area contributed by atoms with Crippen molar-refractivity contribution in [3.8, 4) is 6.07 Å². The SMILES string of the molecule is Cc1cc(S(=O)(=O)Nc2ccc(F)c(Cl)c2)ccc1C#N. The topological polar surface area (TPSA) is 70.0 Å². The van der Waals surface area contributed by atoms with E-state index in [1.807, 2.05) is 6.07 Å². The summed E-state index contributed by atoms with van der Waals surface area (Å²) in [6, 6.07) is 9.65. The summed E-state index contributed by atoms with van der Waals surface area (Å²) in [4.78, 5) is 0.0134. The lowest BCUT2D eigenvalue weighted by atomic mass is 10.1. The van der Waals surface area contributed by atoms with Gasteiger partial charge < -0.3 is 0 Å². The molecule has 0 aliphatic heterocycles. The van der Waals surface area contributed by atoms with E-state index in [0.29, 0.717) is 11.1 Å². The zero-order valence-corrected chi connectivity index (χ0v) is 12.5. The van der Waals surface area contributed by atoms with E-state index in [2.05, 4.69) is 4.72 Å². The smallest absolute Gasteiger partial charge is 0.261 e. The molecule has 1 N–H and O–H groups in total. The van der Waals surface area contributed by atoms with Crippen molar-refractivity contribution in [3.63, 3.8) is 0 Å². The van der Waals surface area contributed by atoms with Gasteiger partial charge in [-0.05, 0) is 48.9 Å². The molecule has 0 aliphatic carbocycles. The number of anilines is 1. The summed E-state index contributed by atoms with van der Waals surface area (Å²) in [7, 11) is -3.83. The number of benzene rings is 2. The minimum Gasteiger partial charge on any atom is -0.280 e. The lowest BCUT2D eigenvalue weighted by Gasteiger charge is -2.09. The van der Waals surface area contributed by atoms with Gasteiger partial charge in [-0.25, -0.2) is 12.8 Å². The van der Waals surface area contributed by atoms with Crippen molar-refractivity contribution < 1.29 is 12.8 Å². The Morgan fingerprint density at radius 2 is 1.95 bits per heavy atom. The molecule has 0 unspecified atom stereocenters. The van der Waals surface area contributed by atoms with Crippen LogP contribution in [-0.2, 0) is 10.0 Å². The van der Waals surface area contributed by atoms with Gasteiger partial charge in [-0.2, -0.15) is 5.26 Å². The Kier molecular flexibility index (Phi) is 4.16. The number of halogens is 2. The molecule has 0 aliphatic rings. The first kappa shape index (κ1) is 15.3. The Labute approximate surface area is 126 Å². The number of rotatable bonds is 3. The summed E-state index contributed by atoms with van der Waals surface area (Å²) < 4.78 is 39.8. The molecule has 4 nitrogen and oxygen atoms in total. The second kappa shape index (κ2) is 5.72. The summed E-state index contributed by atoms with van der Waals surface area (Å²) >= 11 is 5.61. The lowest BCUT2D eigenvalue weighted by Crippen LogP contribution is -2.13. The van der Waals surface area contributed by atoms with E-state index in [-0.39, 0.29) is 15.6 Å². The molecule has 0 heterocycles. The standard InChI is InChI=1S/C14H10ClFN2O2S/c1-9-6-12(4-2-10(9)8-17)21(19,20)18-11-3-5-14(16)13(15)7-11/h2-7,18H,1H3. The number of aryl methyl sites for hydroxylation is 1. The molecule has 21 heavy (non-hydrogen) atoms. The zero-order chi connectivity index (χ0) is 15.6. The average molecular weight is 325 g/mol. The number of sulfonamides is 1. The number of hydrogen-bond acceptors (Lipinski definition) is 3. The number of nitrogens with zero attached hydrogens (tertiary/aromatic N) is 1. The Morgan fingerprint density at radius 3 is 2.52 bits per heavy atom. The number of hydrogen-bond donors (Lipinski definition) is 1. The highest BCUT2D eigenvalue weighted by atomic mass is 35.5. The summed E-state index contributed by atoms with van der Waals surface area (Å²) in [5.41, 5.74) is 1.11. The van der Waals surface area contributed by atoms with E-state index in [1.54, 1.807) is 6.92 Å². The molecule has 0 spiro atoms. The highest BCUT2D eigenvalue weighted by Gasteiger charge is 2.16. The molecule has 0 saturated carbocycles. The molecule has 2 rings (SSSR count). The molecule has 2 aromatic rings. The Balaban J connectivity index is 2.36. The third kappa shape index (κ3) is 3.32. The predicted octanol–water partition coefficient (Wildman–Crippen LogP) is 3.46. The average Bonchev–Trinajstić information content (AvgIpc) is 2.42. The van der Waals surface area contributed by atoms with Gasteiger partial charge in [0.15, 0.2) is 0 Å². The molecule has 0 radical (unpaired) electrons. The minimum atomic E-state index is -3.83. The molecule has 0 amide bonds. The maximum atomic E-state index is 13.1. The molecular formula is C14H10ClFN2O2S. The van der Waals surface area contributed by atoms with Crippen LogP contribution in [0.25, 0.3) is 0 Å². The molecule has 7 heteroatoms. The Bertz CT molecular complexity index is 845. The van der Waals surface area contributed by atoms with Crippen LogP contribution in [0.2, 0.25) is 5.02 Å². The van der Waals surface area contributed by atoms with Crippen LogP contribution in [0.1, 0.15) is 11.1 Å². The second-order valence-corrected chi connectivity index (χ2v) is 6.41. The Morgan fingerprint density at radius 1 is 1.24 bits per heavy atom. The molecule has 0 saturated heterocycles. The highest BCUT2D eigenvalue weighted by Crippen LogP contribution is 2.23. The van der Waals surface area contributed by atoms with Crippen molar-refractivity contribution in [1.29, 1.82) is 5.26 Å². The fraction of sp³-hybridized carbons (Fsp3) is 0.0714. The second-order valence-electron chi connectivity index (χ2n) is 4.32. The summed E-state index contributed by atoms with van der Waals surface area (Å²) in [6.45, 7) is 1.65. The Hall–Kier alpha value is -2.10. The molecule has 0 atom stereocenters. The van der Waals surface area contributed by atoms with Crippen LogP contribution in [0, 0.1) is 24.1 Å². The van der Waals surface area contributed by atoms with Crippen molar-refractivity contribution in [2.24, 2.45) is 0 Å². The highest BCUT2D eigenvalue weighted by molar-refractivity contribution is 7.92. The van der Waals surface area contributed by atoms with Crippen LogP contribution in [0.5, 0.6) is 0 Å². The fourth-order valence-electron chi connectivity index (χ4n) is 1.70. The van der Waals surface area contributed by atoms with Gasteiger partial charge in [0.05, 0.1) is 27.2 Å². The van der Waals surface area contributed by atoms with Gasteiger partial charge in [-0.15, -0.1) is 0 Å². The maximum Gasteiger partial charge on any atom is 0.261 e. The molecule has 2 aromatic carbocycles. The van der Waals surface area contributed by atoms with Gasteiger partial charge in [-0.3, -0.25) is 4.72 Å². The van der Waals surface area contributed by atoms with Crippen molar-refractivity contribution >= 4 is 27.3 Å². The van der Waals surface area contributed by atoms with E-state index in [1.165, 1.54) is 30.3 Å². The molecule has 0 bridgehead atoms. The van der Waals surface area contributed by atoms with E-state index in [4.69, 9.17) is 16.9 Å². The molecular weight excluding hydrogens is 315 g/mol. The van der Waals surface area contributed by atoms with Gasteiger partial charge in [-0.1, -0.05) is 11.6 Å². The normalized spacial score (nSPS) is 11.0. The largest absolute Gasteiger partial charge is 0.280 e. The van der Waals surface area contributed by atoms with Crippen LogP contribution in [0.3, 0.4) is 0 Å². The summed E-state index contributed by atoms with van der Waals surface area (Å²) in [5, 5.41) is 8.66. The first-order chi connectivity index (χ1) is 9.83. The summed E-state index contributed by atoms with van der Waals surface area (Å²) in [6.07, 6.45) is 0. The lowest BCUT2D eigenvalue weighted by molar-refractivity contribution is 0.601. The van der Waals surface area contributed by atoms with Crippen molar-refractivity contribution in [1.82, 2.24) is 0 Å². The van der Waals surface area contributed by atoms with E-state index < -0.39 is 15.8 Å². The van der Waals surface area contributed by atoms with E-state index in [9.17, 15) is 12.8 Å².